The van der Waals surface area contributed by atoms with Crippen molar-refractivity contribution in [2.75, 3.05) is 39.3 Å². The van der Waals surface area contributed by atoms with E-state index in [1.54, 1.807) is 18.2 Å². The molecule has 2 amide bonds. The van der Waals surface area contributed by atoms with Gasteiger partial charge in [-0.2, -0.15) is 0 Å². The van der Waals surface area contributed by atoms with E-state index in [-0.39, 0.29) is 12.1 Å². The van der Waals surface area contributed by atoms with E-state index >= 15 is 0 Å². The molecule has 0 spiro atoms. The fraction of sp³-hybridized carbons (Fsp3) is 0.375. The zero-order chi connectivity index (χ0) is 24.2. The number of anilines is 1. The highest BCUT2D eigenvalue weighted by Gasteiger charge is 2.15. The van der Waals surface area contributed by atoms with Gasteiger partial charge in [0.25, 0.3) is 5.91 Å². The standard InChI is InChI=1S/C24H30N2O7/c1-5-6-11-32-20-10-8-17(13-21(20)31-4)24(29)33-15-23(28)25-14-22(27)26-18-12-16(2)7-9-19(18)30-3/h7-10,12-13H,5-6,11,14-15H2,1-4H3,(H,25,28)(H,26,27). The lowest BCUT2D eigenvalue weighted by Crippen LogP contribution is -2.35. The topological polar surface area (TPSA) is 112 Å². The van der Waals surface area contributed by atoms with Crippen LogP contribution >= 0.6 is 0 Å². The summed E-state index contributed by atoms with van der Waals surface area (Å²) in [4.78, 5) is 36.4. The number of benzene rings is 2. The molecular formula is C24H30N2O7. The Bertz CT molecular complexity index is 975. The summed E-state index contributed by atoms with van der Waals surface area (Å²) in [5.41, 5.74) is 1.66. The van der Waals surface area contributed by atoms with Gasteiger partial charge in [-0.05, 0) is 49.2 Å². The number of methoxy groups -OCH3 is 2. The number of unbranched alkanes of at least 4 members (excludes halogenated alkanes) is 1. The Labute approximate surface area is 193 Å². The van der Waals surface area contributed by atoms with Crippen molar-refractivity contribution < 1.29 is 33.3 Å². The summed E-state index contributed by atoms with van der Waals surface area (Å²) in [7, 11) is 2.97. The Morgan fingerprint density at radius 2 is 1.64 bits per heavy atom. The van der Waals surface area contributed by atoms with Gasteiger partial charge < -0.3 is 29.6 Å². The Balaban J connectivity index is 1.82. The van der Waals surface area contributed by atoms with E-state index in [9.17, 15) is 14.4 Å². The van der Waals surface area contributed by atoms with Crippen molar-refractivity contribution in [1.29, 1.82) is 0 Å². The minimum atomic E-state index is -0.697. The molecule has 0 heterocycles. The number of ether oxygens (including phenoxy) is 4. The Kier molecular flexibility index (Phi) is 10.0. The second-order valence-corrected chi connectivity index (χ2v) is 7.17. The maximum atomic E-state index is 12.3. The normalized spacial score (nSPS) is 10.2. The largest absolute Gasteiger partial charge is 0.495 e. The summed E-state index contributed by atoms with van der Waals surface area (Å²) in [6.45, 7) is 3.67. The minimum Gasteiger partial charge on any atom is -0.495 e. The molecule has 0 aliphatic rings. The third-order valence-corrected chi connectivity index (χ3v) is 4.56. The van der Waals surface area contributed by atoms with Crippen LogP contribution in [0.4, 0.5) is 5.69 Å². The molecule has 0 bridgehead atoms. The van der Waals surface area contributed by atoms with Crippen molar-refractivity contribution in [3.63, 3.8) is 0 Å². The number of carbonyl (C=O) groups excluding carboxylic acids is 3. The van der Waals surface area contributed by atoms with Crippen molar-refractivity contribution in [2.45, 2.75) is 26.7 Å². The molecular weight excluding hydrogens is 428 g/mol. The summed E-state index contributed by atoms with van der Waals surface area (Å²) in [6, 6.07) is 10.00. The molecule has 2 aromatic carbocycles. The van der Waals surface area contributed by atoms with Crippen LogP contribution in [0.1, 0.15) is 35.7 Å². The summed E-state index contributed by atoms with van der Waals surface area (Å²) >= 11 is 0. The predicted octanol–water partition coefficient (Wildman–Crippen LogP) is 3.10. The van der Waals surface area contributed by atoms with Crippen LogP contribution in [0.5, 0.6) is 17.2 Å². The van der Waals surface area contributed by atoms with E-state index in [1.165, 1.54) is 26.4 Å². The van der Waals surface area contributed by atoms with Gasteiger partial charge in [-0.15, -0.1) is 0 Å². The highest BCUT2D eigenvalue weighted by Crippen LogP contribution is 2.28. The van der Waals surface area contributed by atoms with Crippen LogP contribution in [0.15, 0.2) is 36.4 Å². The van der Waals surface area contributed by atoms with E-state index in [0.29, 0.717) is 29.5 Å². The van der Waals surface area contributed by atoms with Gasteiger partial charge in [0.2, 0.25) is 5.91 Å². The zero-order valence-corrected chi connectivity index (χ0v) is 19.4. The Morgan fingerprint density at radius 3 is 2.33 bits per heavy atom. The number of aryl methyl sites for hydroxylation is 1. The molecule has 0 unspecified atom stereocenters. The smallest absolute Gasteiger partial charge is 0.338 e. The quantitative estimate of drug-likeness (QED) is 0.371. The SMILES string of the molecule is CCCCOc1ccc(C(=O)OCC(=O)NCC(=O)Nc2cc(C)ccc2OC)cc1OC. The lowest BCUT2D eigenvalue weighted by atomic mass is 10.2. The van der Waals surface area contributed by atoms with Gasteiger partial charge in [-0.1, -0.05) is 19.4 Å². The molecule has 2 N–H and O–H groups in total. The molecule has 33 heavy (non-hydrogen) atoms. The molecule has 9 nitrogen and oxygen atoms in total. The van der Waals surface area contributed by atoms with Crippen LogP contribution in [0.2, 0.25) is 0 Å². The zero-order valence-electron chi connectivity index (χ0n) is 19.4. The van der Waals surface area contributed by atoms with Gasteiger partial charge in [0.1, 0.15) is 5.75 Å². The molecule has 0 atom stereocenters. The molecule has 2 rings (SSSR count). The molecule has 0 aliphatic carbocycles. The fourth-order valence-corrected chi connectivity index (χ4v) is 2.80. The maximum Gasteiger partial charge on any atom is 0.338 e. The Morgan fingerprint density at radius 1 is 0.909 bits per heavy atom. The van der Waals surface area contributed by atoms with Crippen LogP contribution in [-0.4, -0.2) is 51.8 Å². The summed E-state index contributed by atoms with van der Waals surface area (Å²) in [5.74, 6) is -0.322. The first-order chi connectivity index (χ1) is 15.9. The first-order valence-electron chi connectivity index (χ1n) is 10.6. The molecule has 178 valence electrons. The summed E-state index contributed by atoms with van der Waals surface area (Å²) in [6.07, 6.45) is 1.90. The number of esters is 1. The van der Waals surface area contributed by atoms with E-state index in [0.717, 1.165) is 18.4 Å². The van der Waals surface area contributed by atoms with Crippen molar-refractivity contribution >= 4 is 23.5 Å². The van der Waals surface area contributed by atoms with E-state index < -0.39 is 24.4 Å². The van der Waals surface area contributed by atoms with Gasteiger partial charge in [0, 0.05) is 0 Å². The van der Waals surface area contributed by atoms with Gasteiger partial charge in [-0.3, -0.25) is 9.59 Å². The van der Waals surface area contributed by atoms with Crippen LogP contribution in [0.25, 0.3) is 0 Å². The second-order valence-electron chi connectivity index (χ2n) is 7.17. The average Bonchev–Trinajstić information content (AvgIpc) is 2.81. The van der Waals surface area contributed by atoms with Crippen molar-refractivity contribution in [2.24, 2.45) is 0 Å². The molecule has 0 radical (unpaired) electrons. The predicted molar refractivity (Wildman–Crippen MR) is 123 cm³/mol. The number of hydrogen-bond donors (Lipinski definition) is 2. The van der Waals surface area contributed by atoms with Crippen molar-refractivity contribution in [1.82, 2.24) is 5.32 Å². The molecule has 9 heteroatoms. The van der Waals surface area contributed by atoms with Crippen molar-refractivity contribution in [3.8, 4) is 17.2 Å². The number of carbonyl (C=O) groups is 3. The highest BCUT2D eigenvalue weighted by atomic mass is 16.5. The number of nitrogens with one attached hydrogen (secondary N) is 2. The average molecular weight is 459 g/mol. The van der Waals surface area contributed by atoms with Gasteiger partial charge >= 0.3 is 5.97 Å². The molecule has 2 aromatic rings. The first kappa shape index (κ1) is 25.5. The third-order valence-electron chi connectivity index (χ3n) is 4.56. The number of amides is 2. The van der Waals surface area contributed by atoms with Crippen LogP contribution in [0, 0.1) is 6.92 Å². The van der Waals surface area contributed by atoms with Crippen LogP contribution in [0.3, 0.4) is 0 Å². The lowest BCUT2D eigenvalue weighted by molar-refractivity contribution is -0.126. The fourth-order valence-electron chi connectivity index (χ4n) is 2.80. The van der Waals surface area contributed by atoms with Crippen LogP contribution in [-0.2, 0) is 14.3 Å². The summed E-state index contributed by atoms with van der Waals surface area (Å²) in [5, 5.41) is 5.08. The second kappa shape index (κ2) is 12.9. The third kappa shape index (κ3) is 8.03. The van der Waals surface area contributed by atoms with E-state index in [1.807, 2.05) is 13.0 Å². The van der Waals surface area contributed by atoms with Crippen molar-refractivity contribution in [3.05, 3.63) is 47.5 Å². The maximum absolute atomic E-state index is 12.3. The number of rotatable bonds is 12. The first-order valence-corrected chi connectivity index (χ1v) is 10.6. The number of hydrogen-bond acceptors (Lipinski definition) is 7. The van der Waals surface area contributed by atoms with Gasteiger partial charge in [0.15, 0.2) is 18.1 Å². The van der Waals surface area contributed by atoms with Crippen LogP contribution < -0.4 is 24.8 Å². The highest BCUT2D eigenvalue weighted by molar-refractivity contribution is 5.96. The monoisotopic (exact) mass is 458 g/mol. The summed E-state index contributed by atoms with van der Waals surface area (Å²) < 4.78 is 21.1. The van der Waals surface area contributed by atoms with Gasteiger partial charge in [-0.25, -0.2) is 4.79 Å². The molecule has 0 aliphatic heterocycles. The molecule has 0 fully saturated rings. The molecule has 0 saturated heterocycles. The molecule has 0 saturated carbocycles. The van der Waals surface area contributed by atoms with E-state index in [4.69, 9.17) is 18.9 Å². The van der Waals surface area contributed by atoms with E-state index in [2.05, 4.69) is 17.6 Å². The minimum absolute atomic E-state index is 0.215. The molecule has 0 aromatic heterocycles. The van der Waals surface area contributed by atoms with Gasteiger partial charge in [0.05, 0.1) is 38.6 Å². The Hall–Kier alpha value is -3.75. The lowest BCUT2D eigenvalue weighted by Gasteiger charge is -2.12.